The molecule has 3 aromatic rings. The summed E-state index contributed by atoms with van der Waals surface area (Å²) < 4.78 is 18.9. The fourth-order valence-corrected chi connectivity index (χ4v) is 4.67. The number of nitrogens with zero attached hydrogens (tertiary/aromatic N) is 5. The van der Waals surface area contributed by atoms with Crippen molar-refractivity contribution in [2.45, 2.75) is 51.0 Å². The first-order valence-electron chi connectivity index (χ1n) is 13.1. The van der Waals surface area contributed by atoms with Gasteiger partial charge in [0.1, 0.15) is 42.6 Å². The number of ether oxygens (including phenoxy) is 3. The van der Waals surface area contributed by atoms with E-state index in [-0.39, 0.29) is 49.1 Å². The molecule has 0 bridgehead atoms. The van der Waals surface area contributed by atoms with Crippen molar-refractivity contribution < 1.29 is 28.7 Å². The Kier molecular flexibility index (Phi) is 8.20. The van der Waals surface area contributed by atoms with Crippen LogP contribution in [0.4, 0.5) is 11.5 Å². The van der Waals surface area contributed by atoms with Crippen LogP contribution >= 0.6 is 0 Å². The van der Waals surface area contributed by atoms with Gasteiger partial charge >= 0.3 is 5.82 Å². The van der Waals surface area contributed by atoms with Gasteiger partial charge in [-0.15, -0.1) is 0 Å². The average Bonchev–Trinajstić information content (AvgIpc) is 3.60. The number of benzene rings is 1. The monoisotopic (exact) mass is 550 g/mol. The summed E-state index contributed by atoms with van der Waals surface area (Å²) in [6.45, 7) is 3.39. The molecule has 40 heavy (non-hydrogen) atoms. The highest BCUT2D eigenvalue weighted by molar-refractivity contribution is 5.94. The largest absolute Gasteiger partial charge is 0.489 e. The molecule has 2 aromatic heterocycles. The summed E-state index contributed by atoms with van der Waals surface area (Å²) in [6.07, 6.45) is 5.10. The summed E-state index contributed by atoms with van der Waals surface area (Å²) >= 11 is 0. The second kappa shape index (κ2) is 12.1. The third-order valence-corrected chi connectivity index (χ3v) is 6.71. The van der Waals surface area contributed by atoms with E-state index < -0.39 is 17.1 Å². The highest BCUT2D eigenvalue weighted by Gasteiger charge is 2.33. The van der Waals surface area contributed by atoms with Gasteiger partial charge in [-0.05, 0) is 41.8 Å². The molecule has 1 aromatic carbocycles. The minimum absolute atomic E-state index is 0.0427. The Morgan fingerprint density at radius 3 is 2.77 bits per heavy atom. The molecule has 3 atom stereocenters. The summed E-state index contributed by atoms with van der Waals surface area (Å²) in [5, 5.41) is 17.9. The van der Waals surface area contributed by atoms with Crippen molar-refractivity contribution >= 4 is 23.3 Å². The average molecular weight is 551 g/mol. The van der Waals surface area contributed by atoms with E-state index in [1.165, 1.54) is 29.2 Å². The lowest BCUT2D eigenvalue weighted by atomic mass is 10.1. The minimum atomic E-state index is -0.759. The van der Waals surface area contributed by atoms with Crippen LogP contribution in [0.5, 0.6) is 11.5 Å². The van der Waals surface area contributed by atoms with Crippen LogP contribution in [0.2, 0.25) is 0 Å². The van der Waals surface area contributed by atoms with Gasteiger partial charge in [0.05, 0.1) is 31.1 Å². The fraction of sp³-hybridized carbons (Fsp3) is 0.407. The highest BCUT2D eigenvalue weighted by atomic mass is 16.6. The number of nitrogens with one attached hydrogen (secondary N) is 1. The highest BCUT2D eigenvalue weighted by Crippen LogP contribution is 2.24. The van der Waals surface area contributed by atoms with Crippen LogP contribution in [-0.4, -0.2) is 74.4 Å². The van der Waals surface area contributed by atoms with E-state index in [0.717, 1.165) is 24.2 Å². The predicted molar refractivity (Wildman–Crippen MR) is 142 cm³/mol. The van der Waals surface area contributed by atoms with E-state index in [1.54, 1.807) is 11.1 Å². The molecule has 2 fully saturated rings. The summed E-state index contributed by atoms with van der Waals surface area (Å²) in [4.78, 5) is 41.4. The standard InChI is InChI=1S/C27H30N6O7/c1-18-4-6-20(7-5-18)39-22-3-2-10-31(15-22)26(34)16-32-14-19(13-29-32)30-27(35)24-11-23(17-38-24)40-21-8-9-28-25(12-21)33(36)37/h4-9,12-14,22-24H,2-3,10-11,15-17H2,1H3,(H,30,35)/t22-,23+,24-/m0/s1. The first-order chi connectivity index (χ1) is 19.3. The Morgan fingerprint density at radius 2 is 1.98 bits per heavy atom. The van der Waals surface area contributed by atoms with Gasteiger partial charge in [-0.1, -0.05) is 17.7 Å². The van der Waals surface area contributed by atoms with Crippen molar-refractivity contribution in [3.05, 3.63) is 70.7 Å². The lowest BCUT2D eigenvalue weighted by molar-refractivity contribution is -0.389. The van der Waals surface area contributed by atoms with Gasteiger partial charge in [0, 0.05) is 25.2 Å². The quantitative estimate of drug-likeness (QED) is 0.313. The number of aryl methyl sites for hydroxylation is 1. The molecule has 2 aliphatic rings. The molecule has 5 rings (SSSR count). The second-order valence-electron chi connectivity index (χ2n) is 9.86. The predicted octanol–water partition coefficient (Wildman–Crippen LogP) is 2.74. The van der Waals surface area contributed by atoms with Crippen LogP contribution in [0.3, 0.4) is 0 Å². The molecule has 1 N–H and O–H groups in total. The minimum Gasteiger partial charge on any atom is -0.489 e. The summed E-state index contributed by atoms with van der Waals surface area (Å²) in [5.74, 6) is 0.308. The molecule has 210 valence electrons. The van der Waals surface area contributed by atoms with Gasteiger partial charge in [-0.2, -0.15) is 5.10 Å². The van der Waals surface area contributed by atoms with E-state index >= 15 is 0 Å². The molecule has 2 saturated heterocycles. The van der Waals surface area contributed by atoms with Crippen molar-refractivity contribution in [2.24, 2.45) is 0 Å². The van der Waals surface area contributed by atoms with Gasteiger partial charge in [0.15, 0.2) is 0 Å². The summed E-state index contributed by atoms with van der Waals surface area (Å²) in [6, 6.07) is 10.6. The van der Waals surface area contributed by atoms with Crippen LogP contribution in [0.15, 0.2) is 55.0 Å². The van der Waals surface area contributed by atoms with E-state index in [1.807, 2.05) is 31.2 Å². The summed E-state index contributed by atoms with van der Waals surface area (Å²) in [7, 11) is 0. The first kappa shape index (κ1) is 27.1. The van der Waals surface area contributed by atoms with Gasteiger partial charge in [0.25, 0.3) is 5.91 Å². The van der Waals surface area contributed by atoms with E-state index in [0.29, 0.717) is 18.8 Å². The number of anilines is 1. The lowest BCUT2D eigenvalue weighted by Crippen LogP contribution is -2.45. The van der Waals surface area contributed by atoms with Crippen molar-refractivity contribution in [2.75, 3.05) is 25.0 Å². The number of hydrogen-bond donors (Lipinski definition) is 1. The number of carbonyl (C=O) groups excluding carboxylic acids is 2. The molecule has 2 amide bonds. The molecule has 4 heterocycles. The van der Waals surface area contributed by atoms with Gasteiger partial charge in [-0.25, -0.2) is 0 Å². The number of piperidine rings is 1. The zero-order valence-corrected chi connectivity index (χ0v) is 22.0. The number of likely N-dealkylation sites (tertiary alicyclic amines) is 1. The molecule has 2 aliphatic heterocycles. The smallest absolute Gasteiger partial charge is 0.367 e. The third kappa shape index (κ3) is 6.91. The van der Waals surface area contributed by atoms with Gasteiger partial charge in [0.2, 0.25) is 5.91 Å². The number of aromatic nitrogens is 3. The van der Waals surface area contributed by atoms with E-state index in [9.17, 15) is 19.7 Å². The maximum atomic E-state index is 12.9. The Bertz CT molecular complexity index is 1360. The molecular weight excluding hydrogens is 520 g/mol. The van der Waals surface area contributed by atoms with Gasteiger partial charge < -0.3 is 34.5 Å². The zero-order valence-electron chi connectivity index (χ0n) is 22.0. The Balaban J connectivity index is 1.08. The Morgan fingerprint density at radius 1 is 1.18 bits per heavy atom. The van der Waals surface area contributed by atoms with E-state index in [2.05, 4.69) is 15.4 Å². The lowest BCUT2D eigenvalue weighted by Gasteiger charge is -2.33. The third-order valence-electron chi connectivity index (χ3n) is 6.71. The van der Waals surface area contributed by atoms with E-state index in [4.69, 9.17) is 14.2 Å². The van der Waals surface area contributed by atoms with Crippen LogP contribution in [0, 0.1) is 17.0 Å². The van der Waals surface area contributed by atoms with Crippen molar-refractivity contribution in [1.82, 2.24) is 19.7 Å². The maximum absolute atomic E-state index is 12.9. The van der Waals surface area contributed by atoms with Crippen molar-refractivity contribution in [3.8, 4) is 11.5 Å². The number of carbonyl (C=O) groups is 2. The molecule has 13 heteroatoms. The molecule has 0 saturated carbocycles. The van der Waals surface area contributed by atoms with Crippen LogP contribution < -0.4 is 14.8 Å². The van der Waals surface area contributed by atoms with Crippen LogP contribution in [0.1, 0.15) is 24.8 Å². The molecule has 0 radical (unpaired) electrons. The number of nitro groups is 1. The zero-order chi connectivity index (χ0) is 28.1. The first-order valence-corrected chi connectivity index (χ1v) is 13.1. The number of hydrogen-bond acceptors (Lipinski definition) is 9. The van der Waals surface area contributed by atoms with Crippen LogP contribution in [-0.2, 0) is 20.9 Å². The Labute approximate surface area is 230 Å². The molecule has 13 nitrogen and oxygen atoms in total. The Hall–Kier alpha value is -4.52. The number of amides is 2. The topological polar surface area (TPSA) is 151 Å². The van der Waals surface area contributed by atoms with Crippen LogP contribution in [0.25, 0.3) is 0 Å². The second-order valence-corrected chi connectivity index (χ2v) is 9.86. The maximum Gasteiger partial charge on any atom is 0.367 e. The normalized spacial score (nSPS) is 20.6. The molecule has 0 spiro atoms. The van der Waals surface area contributed by atoms with Gasteiger partial charge in [-0.3, -0.25) is 14.3 Å². The molecule has 0 unspecified atom stereocenters. The summed E-state index contributed by atoms with van der Waals surface area (Å²) in [5.41, 5.74) is 1.60. The SMILES string of the molecule is Cc1ccc(O[C@H]2CCCN(C(=O)Cn3cc(NC(=O)[C@@H]4C[C@@H](Oc5ccnc([N+](=O)[O-])c5)CO4)cn3)C2)cc1. The molecule has 0 aliphatic carbocycles. The number of rotatable bonds is 9. The fourth-order valence-electron chi connectivity index (χ4n) is 4.67. The van der Waals surface area contributed by atoms with Crippen molar-refractivity contribution in [3.63, 3.8) is 0 Å². The van der Waals surface area contributed by atoms with Crippen molar-refractivity contribution in [1.29, 1.82) is 0 Å². The number of pyridine rings is 1. The molecular formula is C27H30N6O7.